The van der Waals surface area contributed by atoms with Crippen LogP contribution in [0.4, 0.5) is 0 Å². The summed E-state index contributed by atoms with van der Waals surface area (Å²) in [6, 6.07) is 13.2. The highest BCUT2D eigenvalue weighted by atomic mass is 35.5. The molecule has 2 aliphatic heterocycles. The largest absolute Gasteiger partial charge is 0.490 e. The van der Waals surface area contributed by atoms with E-state index in [-0.39, 0.29) is 6.10 Å². The number of aliphatic hydroxyl groups excluding tert-OH is 4. The Labute approximate surface area is 191 Å². The number of hydrogen-bond donors (Lipinski definition) is 4. The Morgan fingerprint density at radius 1 is 0.938 bits per heavy atom. The van der Waals surface area contributed by atoms with E-state index in [4.69, 9.17) is 25.8 Å². The summed E-state index contributed by atoms with van der Waals surface area (Å²) in [7, 11) is 0. The van der Waals surface area contributed by atoms with Gasteiger partial charge >= 0.3 is 0 Å². The molecule has 1 aliphatic carbocycles. The standard InChI is InChI=1S/C24H27ClO7/c25-18-6-3-13(23-22(29)21(28)20(27)19(9-26)32-23)8-14(18)7-12-1-4-15(5-2-12)31-24-16-10-30-11-17(16)24/h1-6,8,16-17,19-24,26-29H,7,9-11H2/t16?,17?,19-,20-,21+,22-,23?,24?/m1/s1. The fourth-order valence-corrected chi connectivity index (χ4v) is 4.89. The lowest BCUT2D eigenvalue weighted by molar-refractivity contribution is -0.231. The highest BCUT2D eigenvalue weighted by molar-refractivity contribution is 6.31. The van der Waals surface area contributed by atoms with Gasteiger partial charge in [0.05, 0.1) is 19.8 Å². The van der Waals surface area contributed by atoms with Crippen LogP contribution in [0.15, 0.2) is 42.5 Å². The highest BCUT2D eigenvalue weighted by Gasteiger charge is 2.56. The van der Waals surface area contributed by atoms with Crippen LogP contribution in [0.5, 0.6) is 5.75 Å². The number of aliphatic hydroxyl groups is 4. The molecule has 0 aromatic heterocycles. The smallest absolute Gasteiger partial charge is 0.119 e. The first kappa shape index (κ1) is 22.1. The zero-order valence-electron chi connectivity index (χ0n) is 17.4. The number of halogens is 1. The summed E-state index contributed by atoms with van der Waals surface area (Å²) < 4.78 is 17.1. The van der Waals surface area contributed by atoms with Crippen LogP contribution >= 0.6 is 11.6 Å². The second-order valence-electron chi connectivity index (χ2n) is 8.87. The lowest BCUT2D eigenvalue weighted by atomic mass is 9.90. The Kier molecular flexibility index (Phi) is 6.15. The molecule has 0 spiro atoms. The number of benzene rings is 2. The first-order valence-electron chi connectivity index (χ1n) is 10.9. The van der Waals surface area contributed by atoms with E-state index in [0.717, 1.165) is 30.1 Å². The fourth-order valence-electron chi connectivity index (χ4n) is 4.71. The maximum absolute atomic E-state index is 10.4. The summed E-state index contributed by atoms with van der Waals surface area (Å²) >= 11 is 6.42. The molecule has 172 valence electrons. The van der Waals surface area contributed by atoms with Crippen molar-refractivity contribution in [3.8, 4) is 5.75 Å². The molecule has 4 N–H and O–H groups in total. The summed E-state index contributed by atoms with van der Waals surface area (Å²) in [6.45, 7) is 1.11. The molecule has 2 saturated heterocycles. The maximum atomic E-state index is 10.4. The molecule has 3 aliphatic rings. The van der Waals surface area contributed by atoms with Crippen LogP contribution in [-0.4, -0.2) is 70.8 Å². The first-order chi connectivity index (χ1) is 15.5. The molecule has 0 radical (unpaired) electrons. The zero-order valence-corrected chi connectivity index (χ0v) is 18.1. The van der Waals surface area contributed by atoms with Crippen LogP contribution < -0.4 is 4.74 Å². The van der Waals surface area contributed by atoms with E-state index >= 15 is 0 Å². The fraction of sp³-hybridized carbons (Fsp3) is 0.500. The van der Waals surface area contributed by atoms with Crippen molar-refractivity contribution in [1.82, 2.24) is 0 Å². The summed E-state index contributed by atoms with van der Waals surface area (Å²) in [6.07, 6.45) is -5.16. The molecule has 1 saturated carbocycles. The normalized spacial score (nSPS) is 36.0. The molecular weight excluding hydrogens is 436 g/mol. The van der Waals surface area contributed by atoms with Crippen molar-refractivity contribution in [2.45, 2.75) is 43.0 Å². The van der Waals surface area contributed by atoms with E-state index in [1.807, 2.05) is 30.3 Å². The molecule has 5 rings (SSSR count). The van der Waals surface area contributed by atoms with Crippen molar-refractivity contribution in [2.75, 3.05) is 19.8 Å². The SMILES string of the molecule is OC[C@H]1OC(c2ccc(Cl)c(Cc3ccc(OC4C5COCC54)cc3)c2)[C@H](O)[C@@H](O)[C@@H]1O. The Hall–Kier alpha value is -1.71. The third-order valence-corrected chi connectivity index (χ3v) is 7.12. The number of ether oxygens (including phenoxy) is 3. The summed E-state index contributed by atoms with van der Waals surface area (Å²) in [5, 5.41) is 40.5. The van der Waals surface area contributed by atoms with E-state index in [2.05, 4.69) is 0 Å². The van der Waals surface area contributed by atoms with Crippen LogP contribution in [0, 0.1) is 11.8 Å². The minimum Gasteiger partial charge on any atom is -0.490 e. The van der Waals surface area contributed by atoms with Crippen molar-refractivity contribution in [3.63, 3.8) is 0 Å². The quantitative estimate of drug-likeness (QED) is 0.514. The average molecular weight is 463 g/mol. The van der Waals surface area contributed by atoms with E-state index < -0.39 is 37.1 Å². The van der Waals surface area contributed by atoms with Gasteiger partial charge in [0.25, 0.3) is 0 Å². The van der Waals surface area contributed by atoms with Gasteiger partial charge in [0.2, 0.25) is 0 Å². The van der Waals surface area contributed by atoms with Crippen LogP contribution in [-0.2, 0) is 15.9 Å². The van der Waals surface area contributed by atoms with E-state index in [0.29, 0.717) is 28.8 Å². The summed E-state index contributed by atoms with van der Waals surface area (Å²) in [4.78, 5) is 0. The van der Waals surface area contributed by atoms with Gasteiger partial charge in [-0.25, -0.2) is 0 Å². The van der Waals surface area contributed by atoms with E-state index in [1.54, 1.807) is 12.1 Å². The molecule has 2 aromatic carbocycles. The Bertz CT molecular complexity index is 940. The number of hydrogen-bond acceptors (Lipinski definition) is 7. The minimum absolute atomic E-state index is 0.263. The van der Waals surface area contributed by atoms with Crippen molar-refractivity contribution in [3.05, 3.63) is 64.2 Å². The van der Waals surface area contributed by atoms with Crippen molar-refractivity contribution in [1.29, 1.82) is 0 Å². The van der Waals surface area contributed by atoms with Gasteiger partial charge in [-0.2, -0.15) is 0 Å². The molecule has 32 heavy (non-hydrogen) atoms. The Morgan fingerprint density at radius 3 is 2.34 bits per heavy atom. The molecule has 0 amide bonds. The van der Waals surface area contributed by atoms with Crippen LogP contribution in [0.1, 0.15) is 22.8 Å². The van der Waals surface area contributed by atoms with Gasteiger partial charge < -0.3 is 34.6 Å². The van der Waals surface area contributed by atoms with Gasteiger partial charge in [0.1, 0.15) is 42.4 Å². The molecule has 0 bridgehead atoms. The van der Waals surface area contributed by atoms with Crippen molar-refractivity contribution in [2.24, 2.45) is 11.8 Å². The Balaban J connectivity index is 1.29. The zero-order chi connectivity index (χ0) is 22.4. The minimum atomic E-state index is -1.42. The van der Waals surface area contributed by atoms with Crippen LogP contribution in [0.25, 0.3) is 0 Å². The monoisotopic (exact) mass is 462 g/mol. The van der Waals surface area contributed by atoms with E-state index in [1.165, 1.54) is 0 Å². The topological polar surface area (TPSA) is 109 Å². The van der Waals surface area contributed by atoms with Gasteiger partial charge in [0.15, 0.2) is 0 Å². The average Bonchev–Trinajstić information content (AvgIpc) is 3.20. The van der Waals surface area contributed by atoms with Gasteiger partial charge in [-0.05, 0) is 41.3 Å². The molecule has 7 atom stereocenters. The lowest BCUT2D eigenvalue weighted by Crippen LogP contribution is -2.55. The summed E-state index contributed by atoms with van der Waals surface area (Å²) in [5.41, 5.74) is 2.50. The molecule has 2 aromatic rings. The second-order valence-corrected chi connectivity index (χ2v) is 9.28. The highest BCUT2D eigenvalue weighted by Crippen LogP contribution is 2.46. The maximum Gasteiger partial charge on any atom is 0.119 e. The molecule has 8 heteroatoms. The molecule has 3 fully saturated rings. The van der Waals surface area contributed by atoms with Crippen LogP contribution in [0.3, 0.4) is 0 Å². The predicted molar refractivity (Wildman–Crippen MR) is 116 cm³/mol. The summed E-state index contributed by atoms with van der Waals surface area (Å²) in [5.74, 6) is 1.89. The van der Waals surface area contributed by atoms with Gasteiger partial charge in [0, 0.05) is 16.9 Å². The van der Waals surface area contributed by atoms with Gasteiger partial charge in [-0.3, -0.25) is 0 Å². The first-order valence-corrected chi connectivity index (χ1v) is 11.3. The molecule has 2 heterocycles. The predicted octanol–water partition coefficient (Wildman–Crippen LogP) is 1.47. The number of fused-ring (bicyclic) bond motifs is 1. The van der Waals surface area contributed by atoms with Gasteiger partial charge in [-0.15, -0.1) is 0 Å². The number of rotatable bonds is 6. The third-order valence-electron chi connectivity index (χ3n) is 6.75. The Morgan fingerprint density at radius 2 is 1.66 bits per heavy atom. The molecule has 7 nitrogen and oxygen atoms in total. The molecule has 3 unspecified atom stereocenters. The van der Waals surface area contributed by atoms with Crippen molar-refractivity contribution < 1.29 is 34.6 Å². The second kappa shape index (κ2) is 8.91. The molecular formula is C24H27ClO7. The van der Waals surface area contributed by atoms with E-state index in [9.17, 15) is 20.4 Å². The van der Waals surface area contributed by atoms with Crippen LogP contribution in [0.2, 0.25) is 5.02 Å². The van der Waals surface area contributed by atoms with Crippen molar-refractivity contribution >= 4 is 11.6 Å². The van der Waals surface area contributed by atoms with Gasteiger partial charge in [-0.1, -0.05) is 35.9 Å². The lowest BCUT2D eigenvalue weighted by Gasteiger charge is -2.40. The third kappa shape index (κ3) is 4.15.